The Hall–Kier alpha value is -1.21. The first-order valence-corrected chi connectivity index (χ1v) is 6.83. The summed E-state index contributed by atoms with van der Waals surface area (Å²) in [5.41, 5.74) is 0.900. The molecule has 0 N–H and O–H groups in total. The highest BCUT2D eigenvalue weighted by molar-refractivity contribution is 7.13. The summed E-state index contributed by atoms with van der Waals surface area (Å²) in [6, 6.07) is 3.98. The summed E-state index contributed by atoms with van der Waals surface area (Å²) in [6.07, 6.45) is 1.47. The Balaban J connectivity index is 1.93. The highest BCUT2D eigenvalue weighted by Crippen LogP contribution is 2.23. The number of rotatable bonds is 7. The highest BCUT2D eigenvalue weighted by Gasteiger charge is 2.13. The topological polar surface area (TPSA) is 47.7 Å². The molecule has 2 aromatic rings. The van der Waals surface area contributed by atoms with Crippen LogP contribution in [0.2, 0.25) is 0 Å². The third kappa shape index (κ3) is 3.87. The third-order valence-corrected chi connectivity index (χ3v) is 3.56. The van der Waals surface area contributed by atoms with Crippen molar-refractivity contribution in [2.45, 2.75) is 12.8 Å². The number of oxazole rings is 1. The molecule has 0 radical (unpaired) electrons. The number of aromatic nitrogens is 1. The van der Waals surface area contributed by atoms with Gasteiger partial charge in [0.05, 0.1) is 10.6 Å². The second-order valence-electron chi connectivity index (χ2n) is 4.22. The molecule has 0 atom stereocenters. The number of nitrogens with zero attached hydrogens (tertiary/aromatic N) is 2. The maximum Gasteiger partial charge on any atom is 0.236 e. The normalized spacial score (nSPS) is 11.6. The van der Waals surface area contributed by atoms with Crippen LogP contribution in [0.3, 0.4) is 0 Å². The summed E-state index contributed by atoms with van der Waals surface area (Å²) >= 11 is 1.62. The standard InChI is InChI=1S/C13H18N2O3S/c1-15(8-12(16-2)17-3)7-10-9-18-13(14-10)11-5-4-6-19-11/h4-6,9,12H,7-8H2,1-3H3. The Bertz CT molecular complexity index is 480. The quantitative estimate of drug-likeness (QED) is 0.730. The summed E-state index contributed by atoms with van der Waals surface area (Å²) in [6.45, 7) is 1.37. The van der Waals surface area contributed by atoms with E-state index >= 15 is 0 Å². The molecule has 0 aliphatic rings. The Labute approximate surface area is 116 Å². The summed E-state index contributed by atoms with van der Waals surface area (Å²) in [5.74, 6) is 0.674. The minimum atomic E-state index is -0.228. The largest absolute Gasteiger partial charge is 0.444 e. The molecule has 104 valence electrons. The van der Waals surface area contributed by atoms with Gasteiger partial charge >= 0.3 is 0 Å². The summed E-state index contributed by atoms with van der Waals surface area (Å²) in [7, 11) is 5.25. The predicted octanol–water partition coefficient (Wildman–Crippen LogP) is 2.45. The van der Waals surface area contributed by atoms with Crippen molar-refractivity contribution in [2.75, 3.05) is 27.8 Å². The van der Waals surface area contributed by atoms with Crippen LogP contribution in [-0.2, 0) is 16.0 Å². The number of hydrogen-bond donors (Lipinski definition) is 0. The van der Waals surface area contributed by atoms with E-state index in [1.54, 1.807) is 31.8 Å². The van der Waals surface area contributed by atoms with E-state index in [-0.39, 0.29) is 6.29 Å². The van der Waals surface area contributed by atoms with Crippen LogP contribution < -0.4 is 0 Å². The number of hydrogen-bond acceptors (Lipinski definition) is 6. The van der Waals surface area contributed by atoms with Crippen LogP contribution in [0.15, 0.2) is 28.2 Å². The monoisotopic (exact) mass is 282 g/mol. The minimum absolute atomic E-state index is 0.228. The van der Waals surface area contributed by atoms with Crippen molar-refractivity contribution in [3.8, 4) is 10.8 Å². The van der Waals surface area contributed by atoms with Crippen molar-refractivity contribution in [1.29, 1.82) is 0 Å². The molecule has 0 unspecified atom stereocenters. The summed E-state index contributed by atoms with van der Waals surface area (Å²) in [4.78, 5) is 7.59. The Morgan fingerprint density at radius 2 is 2.21 bits per heavy atom. The molecular weight excluding hydrogens is 264 g/mol. The van der Waals surface area contributed by atoms with E-state index in [9.17, 15) is 0 Å². The van der Waals surface area contributed by atoms with Gasteiger partial charge < -0.3 is 13.9 Å². The molecule has 0 saturated heterocycles. The lowest BCUT2D eigenvalue weighted by Gasteiger charge is -2.20. The maximum absolute atomic E-state index is 5.48. The van der Waals surface area contributed by atoms with Gasteiger partial charge in [-0.3, -0.25) is 4.90 Å². The highest BCUT2D eigenvalue weighted by atomic mass is 32.1. The van der Waals surface area contributed by atoms with Crippen molar-refractivity contribution >= 4 is 11.3 Å². The second kappa shape index (κ2) is 6.81. The van der Waals surface area contributed by atoms with E-state index < -0.39 is 0 Å². The molecular formula is C13H18N2O3S. The Morgan fingerprint density at radius 3 is 2.84 bits per heavy atom. The molecule has 0 aromatic carbocycles. The Kier molecular flexibility index (Phi) is 5.09. The van der Waals surface area contributed by atoms with Crippen molar-refractivity contribution in [3.05, 3.63) is 29.5 Å². The lowest BCUT2D eigenvalue weighted by molar-refractivity contribution is -0.114. The molecule has 0 amide bonds. The van der Waals surface area contributed by atoms with Crippen LogP contribution >= 0.6 is 11.3 Å². The van der Waals surface area contributed by atoms with Crippen LogP contribution in [0.4, 0.5) is 0 Å². The van der Waals surface area contributed by atoms with E-state index in [1.165, 1.54) is 0 Å². The van der Waals surface area contributed by atoms with Crippen LogP contribution in [0.5, 0.6) is 0 Å². The molecule has 2 aromatic heterocycles. The van der Waals surface area contributed by atoms with Crippen LogP contribution in [0.1, 0.15) is 5.69 Å². The van der Waals surface area contributed by atoms with Gasteiger partial charge in [-0.15, -0.1) is 11.3 Å². The fourth-order valence-electron chi connectivity index (χ4n) is 1.73. The predicted molar refractivity (Wildman–Crippen MR) is 74.0 cm³/mol. The molecule has 2 rings (SSSR count). The van der Waals surface area contributed by atoms with Gasteiger partial charge in [-0.05, 0) is 18.5 Å². The molecule has 19 heavy (non-hydrogen) atoms. The van der Waals surface area contributed by atoms with Gasteiger partial charge in [0.1, 0.15) is 6.26 Å². The van der Waals surface area contributed by atoms with Crippen LogP contribution in [-0.4, -0.2) is 44.0 Å². The first kappa shape index (κ1) is 14.2. The maximum atomic E-state index is 5.48. The van der Waals surface area contributed by atoms with E-state index in [1.807, 2.05) is 24.6 Å². The SMILES string of the molecule is COC(CN(C)Cc1coc(-c2cccs2)n1)OC. The first-order chi connectivity index (χ1) is 9.22. The molecule has 0 aliphatic heterocycles. The first-order valence-electron chi connectivity index (χ1n) is 5.95. The van der Waals surface area contributed by atoms with Crippen molar-refractivity contribution in [3.63, 3.8) is 0 Å². The zero-order valence-electron chi connectivity index (χ0n) is 11.3. The molecule has 0 bridgehead atoms. The van der Waals surface area contributed by atoms with Gasteiger partial charge in [0.15, 0.2) is 6.29 Å². The molecule has 0 aliphatic carbocycles. The lowest BCUT2D eigenvalue weighted by atomic mass is 10.4. The molecule has 5 nitrogen and oxygen atoms in total. The van der Waals surface area contributed by atoms with E-state index in [0.29, 0.717) is 19.0 Å². The second-order valence-corrected chi connectivity index (χ2v) is 5.17. The van der Waals surface area contributed by atoms with Crippen molar-refractivity contribution in [2.24, 2.45) is 0 Å². The summed E-state index contributed by atoms with van der Waals surface area (Å²) in [5, 5.41) is 2.01. The van der Waals surface area contributed by atoms with Gasteiger partial charge in [0.2, 0.25) is 5.89 Å². The summed E-state index contributed by atoms with van der Waals surface area (Å²) < 4.78 is 15.8. The van der Waals surface area contributed by atoms with E-state index in [2.05, 4.69) is 9.88 Å². The minimum Gasteiger partial charge on any atom is -0.444 e. The molecule has 2 heterocycles. The molecule has 6 heteroatoms. The van der Waals surface area contributed by atoms with Gasteiger partial charge in [-0.25, -0.2) is 4.98 Å². The van der Waals surface area contributed by atoms with Crippen LogP contribution in [0.25, 0.3) is 10.8 Å². The zero-order valence-corrected chi connectivity index (χ0v) is 12.1. The fraction of sp³-hybridized carbons (Fsp3) is 0.462. The fourth-order valence-corrected chi connectivity index (χ4v) is 2.39. The third-order valence-electron chi connectivity index (χ3n) is 2.70. The van der Waals surface area contributed by atoms with Crippen molar-refractivity contribution in [1.82, 2.24) is 9.88 Å². The van der Waals surface area contributed by atoms with Crippen molar-refractivity contribution < 1.29 is 13.9 Å². The number of ether oxygens (including phenoxy) is 2. The zero-order chi connectivity index (χ0) is 13.7. The molecule has 0 fully saturated rings. The Morgan fingerprint density at radius 1 is 1.42 bits per heavy atom. The average molecular weight is 282 g/mol. The lowest BCUT2D eigenvalue weighted by Crippen LogP contribution is -2.31. The van der Waals surface area contributed by atoms with E-state index in [4.69, 9.17) is 13.9 Å². The molecule has 0 spiro atoms. The van der Waals surface area contributed by atoms with E-state index in [0.717, 1.165) is 10.6 Å². The number of likely N-dealkylation sites (N-methyl/N-ethyl adjacent to an activating group) is 1. The number of thiophene rings is 1. The molecule has 0 saturated carbocycles. The smallest absolute Gasteiger partial charge is 0.236 e. The van der Waals surface area contributed by atoms with Gasteiger partial charge in [0, 0.05) is 27.3 Å². The van der Waals surface area contributed by atoms with Gasteiger partial charge in [0.25, 0.3) is 0 Å². The number of methoxy groups -OCH3 is 2. The van der Waals surface area contributed by atoms with Gasteiger partial charge in [-0.1, -0.05) is 6.07 Å². The average Bonchev–Trinajstić information content (AvgIpc) is 3.06. The van der Waals surface area contributed by atoms with Gasteiger partial charge in [-0.2, -0.15) is 0 Å². The van der Waals surface area contributed by atoms with Crippen LogP contribution in [0, 0.1) is 0 Å².